The Bertz CT molecular complexity index is 1950. The van der Waals surface area contributed by atoms with Crippen LogP contribution in [-0.4, -0.2) is 82.1 Å². The third kappa shape index (κ3) is 5.38. The van der Waals surface area contributed by atoms with Crippen LogP contribution in [0.15, 0.2) is 30.3 Å². The Labute approximate surface area is 281 Å². The van der Waals surface area contributed by atoms with Crippen molar-refractivity contribution in [2.24, 2.45) is 11.3 Å². The normalized spacial score (nSPS) is 27.4. The number of phenolic OH excluding ortho intramolecular Hbond substituents is 1. The number of phenols is 1. The lowest BCUT2D eigenvalue weighted by atomic mass is 9.90. The van der Waals surface area contributed by atoms with Gasteiger partial charge in [-0.2, -0.15) is 9.97 Å². The Balaban J connectivity index is 1.11. The second-order valence-electron chi connectivity index (χ2n) is 15.1. The number of anilines is 1. The summed E-state index contributed by atoms with van der Waals surface area (Å²) in [6.07, 6.45) is 8.28. The van der Waals surface area contributed by atoms with Crippen LogP contribution >= 0.6 is 0 Å². The summed E-state index contributed by atoms with van der Waals surface area (Å²) in [4.78, 5) is 13.9. The van der Waals surface area contributed by atoms with Gasteiger partial charge in [-0.05, 0) is 86.9 Å². The van der Waals surface area contributed by atoms with E-state index in [9.17, 15) is 14.6 Å². The third-order valence-electron chi connectivity index (χ3n) is 11.8. The fraction of sp³-hybridized carbons (Fsp3) is 0.514. The SMILES string of the molecule is OCC1CC2CCC(C1)N2CC1(COc2nc(N3CC4CCC(C3)N4)c3cc(F)c(-c4cc(O)cc5ccc(F)c(F)c45)c(F)c3n2)CC1. The monoisotopic (exact) mass is 677 g/mol. The molecule has 5 aliphatic rings. The van der Waals surface area contributed by atoms with E-state index in [1.54, 1.807) is 0 Å². The number of aromatic hydroxyl groups is 1. The fourth-order valence-corrected chi connectivity index (χ4v) is 9.18. The molecule has 0 spiro atoms. The summed E-state index contributed by atoms with van der Waals surface area (Å²) in [5, 5.41) is 23.7. The molecule has 5 fully saturated rings. The number of rotatable bonds is 8. The average molecular weight is 678 g/mol. The summed E-state index contributed by atoms with van der Waals surface area (Å²) in [5.74, 6) is -4.12. The highest BCUT2D eigenvalue weighted by Crippen LogP contribution is 2.50. The van der Waals surface area contributed by atoms with Gasteiger partial charge in [-0.15, -0.1) is 0 Å². The lowest BCUT2D eigenvalue weighted by Crippen LogP contribution is -2.51. The number of aliphatic hydroxyl groups excluding tert-OH is 1. The molecule has 5 heterocycles. The summed E-state index contributed by atoms with van der Waals surface area (Å²) in [7, 11) is 0. The molecule has 1 aromatic heterocycles. The molecule has 4 aromatic rings. The number of halogens is 4. The Morgan fingerprint density at radius 1 is 0.898 bits per heavy atom. The molecule has 4 saturated heterocycles. The van der Waals surface area contributed by atoms with Crippen LogP contribution in [0.25, 0.3) is 32.8 Å². The highest BCUT2D eigenvalue weighted by molar-refractivity contribution is 6.02. The van der Waals surface area contributed by atoms with Crippen LogP contribution < -0.4 is 15.0 Å². The molecule has 4 unspecified atom stereocenters. The van der Waals surface area contributed by atoms with Crippen molar-refractivity contribution in [3.8, 4) is 22.9 Å². The van der Waals surface area contributed by atoms with Gasteiger partial charge in [0.05, 0.1) is 12.2 Å². The van der Waals surface area contributed by atoms with E-state index in [0.29, 0.717) is 43.5 Å². The number of hydrogen-bond donors (Lipinski definition) is 3. The van der Waals surface area contributed by atoms with E-state index in [2.05, 4.69) is 15.2 Å². The summed E-state index contributed by atoms with van der Waals surface area (Å²) >= 11 is 0. The van der Waals surface area contributed by atoms with Gasteiger partial charge in [0.1, 0.15) is 22.9 Å². The first-order valence-corrected chi connectivity index (χ1v) is 17.5. The molecule has 258 valence electrons. The smallest absolute Gasteiger partial charge is 0.319 e. The maximum atomic E-state index is 16.8. The second kappa shape index (κ2) is 11.7. The van der Waals surface area contributed by atoms with E-state index in [1.165, 1.54) is 12.1 Å². The van der Waals surface area contributed by atoms with Crippen LogP contribution in [-0.2, 0) is 0 Å². The van der Waals surface area contributed by atoms with E-state index < -0.39 is 28.8 Å². The van der Waals surface area contributed by atoms with Crippen LogP contribution in [0.1, 0.15) is 51.4 Å². The van der Waals surface area contributed by atoms with Crippen LogP contribution in [0.2, 0.25) is 0 Å². The number of nitrogens with one attached hydrogen (secondary N) is 1. The van der Waals surface area contributed by atoms with Gasteiger partial charge in [-0.25, -0.2) is 17.6 Å². The fourth-order valence-electron chi connectivity index (χ4n) is 9.18. The van der Waals surface area contributed by atoms with Crippen molar-refractivity contribution in [2.75, 3.05) is 37.7 Å². The number of hydrogen-bond acceptors (Lipinski definition) is 8. The van der Waals surface area contributed by atoms with Gasteiger partial charge in [0.25, 0.3) is 0 Å². The number of aromatic nitrogens is 2. The minimum atomic E-state index is -1.26. The van der Waals surface area contributed by atoms with Crippen molar-refractivity contribution in [3.63, 3.8) is 0 Å². The maximum absolute atomic E-state index is 16.8. The highest BCUT2D eigenvalue weighted by Gasteiger charge is 2.50. The molecule has 4 aliphatic heterocycles. The zero-order chi connectivity index (χ0) is 33.6. The summed E-state index contributed by atoms with van der Waals surface area (Å²) in [5.41, 5.74) is -1.20. The maximum Gasteiger partial charge on any atom is 0.319 e. The number of benzene rings is 3. The van der Waals surface area contributed by atoms with E-state index in [0.717, 1.165) is 76.1 Å². The summed E-state index contributed by atoms with van der Waals surface area (Å²) in [6, 6.07) is 6.93. The second-order valence-corrected chi connectivity index (χ2v) is 15.1. The largest absolute Gasteiger partial charge is 0.508 e. The first kappa shape index (κ1) is 31.3. The molecule has 0 amide bonds. The molecular formula is C37H39F4N5O3. The number of ether oxygens (including phenoxy) is 1. The first-order valence-electron chi connectivity index (χ1n) is 17.5. The quantitative estimate of drug-likeness (QED) is 0.194. The summed E-state index contributed by atoms with van der Waals surface area (Å²) < 4.78 is 68.9. The topological polar surface area (TPSA) is 94.0 Å². The third-order valence-corrected chi connectivity index (χ3v) is 11.8. The molecule has 1 aliphatic carbocycles. The molecule has 12 heteroatoms. The Kier molecular flexibility index (Phi) is 7.44. The predicted octanol–water partition coefficient (Wildman–Crippen LogP) is 6.05. The van der Waals surface area contributed by atoms with Crippen molar-refractivity contribution in [1.29, 1.82) is 0 Å². The molecule has 3 N–H and O–H groups in total. The zero-order valence-electron chi connectivity index (χ0n) is 27.1. The minimum Gasteiger partial charge on any atom is -0.508 e. The van der Waals surface area contributed by atoms with Crippen molar-refractivity contribution in [2.45, 2.75) is 75.5 Å². The van der Waals surface area contributed by atoms with Crippen LogP contribution in [0.4, 0.5) is 23.4 Å². The molecule has 8 nitrogen and oxygen atoms in total. The van der Waals surface area contributed by atoms with Crippen molar-refractivity contribution in [3.05, 3.63) is 53.6 Å². The number of nitrogens with zero attached hydrogens (tertiary/aromatic N) is 4. The number of piperidine rings is 1. The molecule has 49 heavy (non-hydrogen) atoms. The van der Waals surface area contributed by atoms with Crippen LogP contribution in [0, 0.1) is 34.6 Å². The van der Waals surface area contributed by atoms with Gasteiger partial charge < -0.3 is 25.2 Å². The molecule has 1 saturated carbocycles. The van der Waals surface area contributed by atoms with Crippen LogP contribution in [0.5, 0.6) is 11.8 Å². The van der Waals surface area contributed by atoms with E-state index in [-0.39, 0.29) is 63.1 Å². The van der Waals surface area contributed by atoms with Crippen LogP contribution in [0.3, 0.4) is 0 Å². The highest BCUT2D eigenvalue weighted by atomic mass is 19.2. The van der Waals surface area contributed by atoms with Gasteiger partial charge >= 0.3 is 6.01 Å². The van der Waals surface area contributed by atoms with Crippen molar-refractivity contribution < 1.29 is 32.5 Å². The lowest BCUT2D eigenvalue weighted by molar-refractivity contribution is 0.0474. The number of fused-ring (bicyclic) bond motifs is 6. The Morgan fingerprint density at radius 3 is 2.33 bits per heavy atom. The van der Waals surface area contributed by atoms with Gasteiger partial charge in [0, 0.05) is 72.2 Å². The molecule has 4 atom stereocenters. The summed E-state index contributed by atoms with van der Waals surface area (Å²) in [6.45, 7) is 2.68. The Morgan fingerprint density at radius 2 is 1.63 bits per heavy atom. The molecule has 4 bridgehead atoms. The molecular weight excluding hydrogens is 638 g/mol. The lowest BCUT2D eigenvalue weighted by Gasteiger charge is -2.40. The predicted molar refractivity (Wildman–Crippen MR) is 177 cm³/mol. The minimum absolute atomic E-state index is 0.0175. The standard InChI is InChI=1S/C37H39F4N5O3/c38-28-6-1-20-11-25(48)12-26(30(20)32(28)40)31-29(39)13-27-34(33(31)41)43-36(44-35(27)45-14-21-2-3-22(15-45)42-21)49-18-37(7-8-37)17-46-23-4-5-24(46)10-19(9-23)16-47/h1,6,11-13,19,21-24,42,47-48H,2-5,7-10,14-18H2. The van der Waals surface area contributed by atoms with Gasteiger partial charge in [-0.3, -0.25) is 4.90 Å². The van der Waals surface area contributed by atoms with Gasteiger partial charge in [-0.1, -0.05) is 6.07 Å². The van der Waals surface area contributed by atoms with Crippen molar-refractivity contribution >= 4 is 27.5 Å². The van der Waals surface area contributed by atoms with E-state index >= 15 is 13.2 Å². The number of aliphatic hydroxyl groups is 1. The first-order chi connectivity index (χ1) is 23.7. The Hall–Kier alpha value is -3.74. The van der Waals surface area contributed by atoms with Gasteiger partial charge in [0.2, 0.25) is 0 Å². The molecule has 9 rings (SSSR count). The zero-order valence-corrected chi connectivity index (χ0v) is 27.1. The average Bonchev–Trinajstić information content (AvgIpc) is 3.72. The van der Waals surface area contributed by atoms with Crippen molar-refractivity contribution in [1.82, 2.24) is 20.2 Å². The van der Waals surface area contributed by atoms with Gasteiger partial charge in [0.15, 0.2) is 17.5 Å². The van der Waals surface area contributed by atoms with E-state index in [1.807, 2.05) is 4.90 Å². The molecule has 3 aromatic carbocycles. The molecule has 0 radical (unpaired) electrons. The number of piperazine rings is 1. The van der Waals surface area contributed by atoms with E-state index in [4.69, 9.17) is 9.72 Å².